The van der Waals surface area contributed by atoms with Crippen LogP contribution >= 0.6 is 0 Å². The van der Waals surface area contributed by atoms with Crippen molar-refractivity contribution in [2.45, 2.75) is 45.3 Å². The molecular weight excluding hydrogens is 236 g/mol. The molecule has 6 heteroatoms. The first-order valence-electron chi connectivity index (χ1n) is 6.14. The fourth-order valence-corrected chi connectivity index (χ4v) is 1.99. The summed E-state index contributed by atoms with van der Waals surface area (Å²) in [7, 11) is 0. The number of amides is 1. The average molecular weight is 258 g/mol. The van der Waals surface area contributed by atoms with Gasteiger partial charge >= 0.3 is 12.1 Å². The van der Waals surface area contributed by atoms with Gasteiger partial charge in [0.2, 0.25) is 0 Å². The SMILES string of the molecule is CC(C)(C)OC(=O)N1C[C@H](CCC(=O)O)[C@H](N)C1. The van der Waals surface area contributed by atoms with E-state index in [2.05, 4.69) is 0 Å². The molecule has 0 aromatic rings. The normalized spacial score (nSPS) is 24.1. The van der Waals surface area contributed by atoms with E-state index in [0.29, 0.717) is 19.5 Å². The molecular formula is C12H22N2O4. The number of hydrogen-bond donors (Lipinski definition) is 2. The molecule has 2 atom stereocenters. The molecule has 6 nitrogen and oxygen atoms in total. The zero-order valence-electron chi connectivity index (χ0n) is 11.2. The summed E-state index contributed by atoms with van der Waals surface area (Å²) in [5.74, 6) is -0.800. The van der Waals surface area contributed by atoms with Gasteiger partial charge in [-0.2, -0.15) is 0 Å². The number of carbonyl (C=O) groups excluding carboxylic acids is 1. The van der Waals surface area contributed by atoms with Crippen molar-refractivity contribution in [2.24, 2.45) is 11.7 Å². The van der Waals surface area contributed by atoms with Crippen molar-refractivity contribution in [2.75, 3.05) is 13.1 Å². The molecule has 0 aromatic carbocycles. The number of rotatable bonds is 3. The fraction of sp³-hybridized carbons (Fsp3) is 0.833. The lowest BCUT2D eigenvalue weighted by molar-refractivity contribution is -0.137. The van der Waals surface area contributed by atoms with Crippen LogP contribution in [0, 0.1) is 5.92 Å². The molecule has 0 saturated carbocycles. The lowest BCUT2D eigenvalue weighted by Gasteiger charge is -2.24. The number of nitrogens with two attached hydrogens (primary N) is 1. The standard InChI is InChI=1S/C12H22N2O4/c1-12(2,3)18-11(17)14-6-8(9(13)7-14)4-5-10(15)16/h8-9H,4-7,13H2,1-3H3,(H,15,16)/t8-,9+/m0/s1. The van der Waals surface area contributed by atoms with Gasteiger partial charge in [0.1, 0.15) is 5.60 Å². The number of likely N-dealkylation sites (tertiary alicyclic amines) is 1. The number of carboxylic acid groups (broad SMARTS) is 1. The van der Waals surface area contributed by atoms with Crippen LogP contribution in [0.1, 0.15) is 33.6 Å². The van der Waals surface area contributed by atoms with Crippen LogP contribution in [0.25, 0.3) is 0 Å². The highest BCUT2D eigenvalue weighted by Crippen LogP contribution is 2.22. The van der Waals surface area contributed by atoms with Gasteiger partial charge in [0, 0.05) is 25.6 Å². The Morgan fingerprint density at radius 1 is 1.39 bits per heavy atom. The highest BCUT2D eigenvalue weighted by molar-refractivity contribution is 5.69. The van der Waals surface area contributed by atoms with Gasteiger partial charge in [-0.1, -0.05) is 0 Å². The number of nitrogens with zero attached hydrogens (tertiary/aromatic N) is 1. The van der Waals surface area contributed by atoms with Gasteiger partial charge in [-0.3, -0.25) is 4.79 Å². The van der Waals surface area contributed by atoms with Crippen LogP contribution < -0.4 is 5.73 Å². The van der Waals surface area contributed by atoms with Crippen molar-refractivity contribution >= 4 is 12.1 Å². The third-order valence-electron chi connectivity index (χ3n) is 2.87. The lowest BCUT2D eigenvalue weighted by Crippen LogP contribution is -2.36. The zero-order valence-corrected chi connectivity index (χ0v) is 11.2. The van der Waals surface area contributed by atoms with Crippen molar-refractivity contribution in [3.05, 3.63) is 0 Å². The Hall–Kier alpha value is -1.30. The minimum absolute atomic E-state index is 0.0358. The van der Waals surface area contributed by atoms with E-state index in [4.69, 9.17) is 15.6 Å². The molecule has 0 unspecified atom stereocenters. The summed E-state index contributed by atoms with van der Waals surface area (Å²) in [6.45, 7) is 6.33. The maximum absolute atomic E-state index is 11.8. The van der Waals surface area contributed by atoms with Crippen molar-refractivity contribution in [3.63, 3.8) is 0 Å². The molecule has 0 aromatic heterocycles. The molecule has 1 saturated heterocycles. The first-order chi connectivity index (χ1) is 8.19. The van der Waals surface area contributed by atoms with Gasteiger partial charge in [0.15, 0.2) is 0 Å². The zero-order chi connectivity index (χ0) is 13.9. The van der Waals surface area contributed by atoms with E-state index in [1.54, 1.807) is 4.90 Å². The third-order valence-corrected chi connectivity index (χ3v) is 2.87. The van der Waals surface area contributed by atoms with Crippen LogP contribution in [0.15, 0.2) is 0 Å². The monoisotopic (exact) mass is 258 g/mol. The van der Waals surface area contributed by atoms with Gasteiger partial charge in [0.05, 0.1) is 0 Å². The topological polar surface area (TPSA) is 92.9 Å². The minimum atomic E-state index is -0.835. The second-order valence-corrected chi connectivity index (χ2v) is 5.74. The van der Waals surface area contributed by atoms with Crippen LogP contribution in [0.5, 0.6) is 0 Å². The Labute approximate surface area is 107 Å². The molecule has 104 valence electrons. The van der Waals surface area contributed by atoms with Crippen molar-refractivity contribution in [3.8, 4) is 0 Å². The van der Waals surface area contributed by atoms with Crippen LogP contribution in [0.4, 0.5) is 4.79 Å². The van der Waals surface area contributed by atoms with E-state index in [9.17, 15) is 9.59 Å². The smallest absolute Gasteiger partial charge is 0.410 e. The highest BCUT2D eigenvalue weighted by atomic mass is 16.6. The number of aliphatic carboxylic acids is 1. The number of ether oxygens (including phenoxy) is 1. The van der Waals surface area contributed by atoms with Crippen molar-refractivity contribution < 1.29 is 19.4 Å². The Balaban J connectivity index is 2.47. The van der Waals surface area contributed by atoms with Crippen LogP contribution in [0.2, 0.25) is 0 Å². The maximum atomic E-state index is 11.8. The number of carboxylic acids is 1. The van der Waals surface area contributed by atoms with Gasteiger partial charge in [-0.15, -0.1) is 0 Å². The number of carbonyl (C=O) groups is 2. The van der Waals surface area contributed by atoms with Crippen molar-refractivity contribution in [1.82, 2.24) is 4.90 Å². The summed E-state index contributed by atoms with van der Waals surface area (Å²) in [6.07, 6.45) is 0.201. The van der Waals surface area contributed by atoms with E-state index in [1.165, 1.54) is 0 Å². The molecule has 0 spiro atoms. The predicted molar refractivity (Wildman–Crippen MR) is 66.1 cm³/mol. The molecule has 1 amide bonds. The van der Waals surface area contributed by atoms with Gasteiger partial charge in [-0.05, 0) is 33.1 Å². The summed E-state index contributed by atoms with van der Waals surface area (Å²) < 4.78 is 5.26. The van der Waals surface area contributed by atoms with Gasteiger partial charge in [0.25, 0.3) is 0 Å². The molecule has 0 aliphatic carbocycles. The summed E-state index contributed by atoms with van der Waals surface area (Å²) in [5, 5.41) is 8.64. The molecule has 1 aliphatic rings. The molecule has 1 heterocycles. The van der Waals surface area contributed by atoms with Crippen LogP contribution in [-0.4, -0.2) is 46.8 Å². The lowest BCUT2D eigenvalue weighted by atomic mass is 9.99. The largest absolute Gasteiger partial charge is 0.481 e. The molecule has 1 fully saturated rings. The Morgan fingerprint density at radius 2 is 2.00 bits per heavy atom. The van der Waals surface area contributed by atoms with E-state index >= 15 is 0 Å². The Morgan fingerprint density at radius 3 is 2.50 bits per heavy atom. The highest BCUT2D eigenvalue weighted by Gasteiger charge is 2.35. The molecule has 0 radical (unpaired) electrons. The molecule has 3 N–H and O–H groups in total. The summed E-state index contributed by atoms with van der Waals surface area (Å²) in [6, 6.07) is -0.170. The first kappa shape index (κ1) is 14.8. The second-order valence-electron chi connectivity index (χ2n) is 5.74. The fourth-order valence-electron chi connectivity index (χ4n) is 1.99. The molecule has 18 heavy (non-hydrogen) atoms. The Bertz CT molecular complexity index is 325. The molecule has 1 aliphatic heterocycles. The molecule has 1 rings (SSSR count). The minimum Gasteiger partial charge on any atom is -0.481 e. The van der Waals surface area contributed by atoms with E-state index in [-0.39, 0.29) is 24.5 Å². The summed E-state index contributed by atoms with van der Waals surface area (Å²) in [4.78, 5) is 23.9. The van der Waals surface area contributed by atoms with Crippen LogP contribution in [0.3, 0.4) is 0 Å². The van der Waals surface area contributed by atoms with Crippen LogP contribution in [-0.2, 0) is 9.53 Å². The summed E-state index contributed by atoms with van der Waals surface area (Å²) in [5.41, 5.74) is 5.39. The van der Waals surface area contributed by atoms with Crippen molar-refractivity contribution in [1.29, 1.82) is 0 Å². The van der Waals surface area contributed by atoms with E-state index in [1.807, 2.05) is 20.8 Å². The van der Waals surface area contributed by atoms with E-state index < -0.39 is 11.6 Å². The second kappa shape index (κ2) is 5.56. The predicted octanol–water partition coefficient (Wildman–Crippen LogP) is 1.05. The van der Waals surface area contributed by atoms with Gasteiger partial charge in [-0.25, -0.2) is 4.79 Å². The Kier molecular flexibility index (Phi) is 4.56. The van der Waals surface area contributed by atoms with E-state index in [0.717, 1.165) is 0 Å². The third kappa shape index (κ3) is 4.52. The summed E-state index contributed by atoms with van der Waals surface area (Å²) >= 11 is 0. The molecule has 0 bridgehead atoms. The quantitative estimate of drug-likeness (QED) is 0.789. The van der Waals surface area contributed by atoms with Gasteiger partial charge < -0.3 is 20.5 Å². The number of hydrogen-bond acceptors (Lipinski definition) is 4. The average Bonchev–Trinajstić information content (AvgIpc) is 2.54. The first-order valence-corrected chi connectivity index (χ1v) is 6.14. The maximum Gasteiger partial charge on any atom is 0.410 e.